The van der Waals surface area contributed by atoms with Crippen LogP contribution in [0.1, 0.15) is 11.1 Å². The van der Waals surface area contributed by atoms with Crippen molar-refractivity contribution in [2.24, 2.45) is 0 Å². The third kappa shape index (κ3) is 3.49. The number of nitrogens with zero attached hydrogens (tertiary/aromatic N) is 5. The Hall–Kier alpha value is -3.89. The van der Waals surface area contributed by atoms with Gasteiger partial charge in [-0.1, -0.05) is 12.1 Å². The van der Waals surface area contributed by atoms with Crippen LogP contribution in [0.4, 0.5) is 5.95 Å². The van der Waals surface area contributed by atoms with Gasteiger partial charge in [-0.15, -0.1) is 0 Å². The van der Waals surface area contributed by atoms with Crippen LogP contribution in [0.15, 0.2) is 67.0 Å². The Morgan fingerprint density at radius 2 is 1.90 bits per heavy atom. The lowest BCUT2D eigenvalue weighted by Gasteiger charge is -2.04. The summed E-state index contributed by atoms with van der Waals surface area (Å²) in [6.45, 7) is 0.570. The van der Waals surface area contributed by atoms with Crippen molar-refractivity contribution in [2.45, 2.75) is 6.54 Å². The normalized spacial score (nSPS) is 10.9. The van der Waals surface area contributed by atoms with E-state index in [-0.39, 0.29) is 0 Å². The minimum Gasteiger partial charge on any atom is -0.349 e. The molecule has 0 unspecified atom stereocenters. The second-order valence-corrected chi connectivity index (χ2v) is 7.30. The third-order valence-electron chi connectivity index (χ3n) is 4.60. The highest BCUT2D eigenvalue weighted by Gasteiger charge is 2.08. The van der Waals surface area contributed by atoms with Gasteiger partial charge in [-0.2, -0.15) is 14.6 Å². The number of fused-ring (bicyclic) bond motifs is 2. The van der Waals surface area contributed by atoms with Crippen LogP contribution in [0.25, 0.3) is 32.4 Å². The molecule has 0 saturated heterocycles. The molecule has 5 rings (SSSR count). The zero-order valence-electron chi connectivity index (χ0n) is 15.2. The van der Waals surface area contributed by atoms with Gasteiger partial charge in [0.05, 0.1) is 22.7 Å². The van der Waals surface area contributed by atoms with Crippen LogP contribution in [-0.4, -0.2) is 19.3 Å². The summed E-state index contributed by atoms with van der Waals surface area (Å²) < 4.78 is 4.42. The van der Waals surface area contributed by atoms with E-state index < -0.39 is 0 Å². The molecule has 0 saturated carbocycles. The first-order valence-corrected chi connectivity index (χ1v) is 9.77. The molecule has 0 aliphatic carbocycles. The first kappa shape index (κ1) is 17.2. The first-order chi connectivity index (χ1) is 14.3. The summed E-state index contributed by atoms with van der Waals surface area (Å²) >= 11 is 1.36. The average molecular weight is 394 g/mol. The number of hydrogen-bond acceptors (Lipinski definition) is 7. The highest BCUT2D eigenvalue weighted by atomic mass is 32.1. The lowest BCUT2D eigenvalue weighted by Crippen LogP contribution is -2.01. The van der Waals surface area contributed by atoms with Gasteiger partial charge in [0.25, 0.3) is 0 Å². The summed E-state index contributed by atoms with van der Waals surface area (Å²) in [5, 5.41) is 15.2. The fourth-order valence-electron chi connectivity index (χ4n) is 3.14. The van der Waals surface area contributed by atoms with Crippen LogP contribution in [0, 0.1) is 11.3 Å². The van der Waals surface area contributed by atoms with Crippen molar-refractivity contribution in [2.75, 3.05) is 5.32 Å². The molecule has 0 aliphatic heterocycles. The minimum atomic E-state index is 0.570. The lowest BCUT2D eigenvalue weighted by atomic mass is 10.1. The molecule has 0 spiro atoms. The maximum absolute atomic E-state index is 8.99. The molecule has 3 aromatic heterocycles. The highest BCUT2D eigenvalue weighted by molar-refractivity contribution is 7.09. The number of rotatable bonds is 4. The molecule has 29 heavy (non-hydrogen) atoms. The Kier molecular flexibility index (Phi) is 4.31. The number of hydrogen-bond donors (Lipinski definition) is 1. The van der Waals surface area contributed by atoms with Gasteiger partial charge in [0.15, 0.2) is 0 Å². The van der Waals surface area contributed by atoms with Crippen LogP contribution >= 0.6 is 11.5 Å². The van der Waals surface area contributed by atoms with Crippen LogP contribution in [0.2, 0.25) is 0 Å². The molecule has 0 amide bonds. The Balaban J connectivity index is 1.33. The molecule has 5 aromatic rings. The average Bonchev–Trinajstić information content (AvgIpc) is 3.26. The van der Waals surface area contributed by atoms with Gasteiger partial charge in [0.2, 0.25) is 5.95 Å². The number of benzene rings is 2. The molecule has 7 heteroatoms. The fraction of sp³-hybridized carbons (Fsp3) is 0.0455. The largest absolute Gasteiger partial charge is 0.349 e. The van der Waals surface area contributed by atoms with E-state index in [4.69, 9.17) is 5.26 Å². The summed E-state index contributed by atoms with van der Waals surface area (Å²) in [6, 6.07) is 19.8. The minimum absolute atomic E-state index is 0.570. The Bertz CT molecular complexity index is 1390. The van der Waals surface area contributed by atoms with E-state index in [1.165, 1.54) is 11.5 Å². The van der Waals surface area contributed by atoms with Gasteiger partial charge in [0, 0.05) is 35.3 Å². The Morgan fingerprint density at radius 3 is 2.83 bits per heavy atom. The summed E-state index contributed by atoms with van der Waals surface area (Å²) in [5.41, 5.74) is 4.43. The number of aromatic nitrogens is 4. The van der Waals surface area contributed by atoms with E-state index in [2.05, 4.69) is 42.8 Å². The zero-order chi connectivity index (χ0) is 19.6. The topological polar surface area (TPSA) is 87.4 Å². The number of pyridine rings is 2. The number of nitriles is 1. The zero-order valence-corrected chi connectivity index (χ0v) is 16.0. The van der Waals surface area contributed by atoms with Gasteiger partial charge < -0.3 is 5.32 Å². The Morgan fingerprint density at radius 1 is 0.966 bits per heavy atom. The van der Waals surface area contributed by atoms with Gasteiger partial charge in [-0.25, -0.2) is 0 Å². The van der Waals surface area contributed by atoms with E-state index >= 15 is 0 Å². The van der Waals surface area contributed by atoms with Crippen molar-refractivity contribution in [3.05, 3.63) is 78.1 Å². The molecule has 6 nitrogen and oxygen atoms in total. The van der Waals surface area contributed by atoms with Crippen LogP contribution in [-0.2, 0) is 6.54 Å². The van der Waals surface area contributed by atoms with Crippen molar-refractivity contribution >= 4 is 39.3 Å². The summed E-state index contributed by atoms with van der Waals surface area (Å²) in [4.78, 5) is 13.4. The van der Waals surface area contributed by atoms with E-state index in [1.54, 1.807) is 24.5 Å². The second-order valence-electron chi connectivity index (χ2n) is 6.55. The number of anilines is 1. The maximum Gasteiger partial charge on any atom is 0.235 e. The standard InChI is InChI=1S/C22H14N6S/c23-11-14-3-4-17-8-15(12-25-20(17)9-14)13-26-22-27-21(29-28-22)18-5-6-19-16(10-18)2-1-7-24-19/h1-10,12H,13H2,(H,26,28). The summed E-state index contributed by atoms with van der Waals surface area (Å²) in [5.74, 6) is 0.594. The van der Waals surface area contributed by atoms with Gasteiger partial charge in [0.1, 0.15) is 5.01 Å². The second kappa shape index (κ2) is 7.26. The summed E-state index contributed by atoms with van der Waals surface area (Å²) in [7, 11) is 0. The molecule has 0 bridgehead atoms. The van der Waals surface area contributed by atoms with E-state index in [0.29, 0.717) is 18.1 Å². The monoisotopic (exact) mass is 394 g/mol. The molecule has 138 valence electrons. The van der Waals surface area contributed by atoms with Crippen molar-refractivity contribution in [3.8, 4) is 16.6 Å². The van der Waals surface area contributed by atoms with Crippen LogP contribution in [0.3, 0.4) is 0 Å². The molecule has 0 radical (unpaired) electrons. The van der Waals surface area contributed by atoms with Gasteiger partial charge in [-0.05, 0) is 59.6 Å². The quantitative estimate of drug-likeness (QED) is 0.472. The molecule has 1 N–H and O–H groups in total. The van der Waals surface area contributed by atoms with E-state index in [0.717, 1.165) is 37.9 Å². The molecule has 3 heterocycles. The Labute approximate surface area is 170 Å². The van der Waals surface area contributed by atoms with Crippen molar-refractivity contribution in [1.29, 1.82) is 5.26 Å². The first-order valence-electron chi connectivity index (χ1n) is 9.00. The van der Waals surface area contributed by atoms with Crippen molar-refractivity contribution in [1.82, 2.24) is 19.3 Å². The predicted molar refractivity (Wildman–Crippen MR) is 114 cm³/mol. The van der Waals surface area contributed by atoms with Gasteiger partial charge in [-0.3, -0.25) is 9.97 Å². The van der Waals surface area contributed by atoms with E-state index in [1.807, 2.05) is 30.3 Å². The van der Waals surface area contributed by atoms with E-state index in [9.17, 15) is 0 Å². The predicted octanol–water partition coefficient (Wildman–Crippen LogP) is 4.79. The molecule has 0 aliphatic rings. The molecule has 0 fully saturated rings. The van der Waals surface area contributed by atoms with Crippen molar-refractivity contribution in [3.63, 3.8) is 0 Å². The molecular weight excluding hydrogens is 380 g/mol. The van der Waals surface area contributed by atoms with Crippen LogP contribution in [0.5, 0.6) is 0 Å². The molecule has 0 atom stereocenters. The highest BCUT2D eigenvalue weighted by Crippen LogP contribution is 2.26. The lowest BCUT2D eigenvalue weighted by molar-refractivity contribution is 1.09. The SMILES string of the molecule is N#Cc1ccc2cc(CNc3nsc(-c4ccc5ncccc5c4)n3)cnc2c1. The van der Waals surface area contributed by atoms with Crippen molar-refractivity contribution < 1.29 is 0 Å². The number of nitrogens with one attached hydrogen (secondary N) is 1. The molecule has 2 aromatic carbocycles. The smallest absolute Gasteiger partial charge is 0.235 e. The van der Waals surface area contributed by atoms with Crippen LogP contribution < -0.4 is 5.32 Å². The third-order valence-corrected chi connectivity index (χ3v) is 5.36. The molecular formula is C22H14N6S. The summed E-state index contributed by atoms with van der Waals surface area (Å²) in [6.07, 6.45) is 3.60. The fourth-order valence-corrected chi connectivity index (χ4v) is 3.77. The van der Waals surface area contributed by atoms with Gasteiger partial charge >= 0.3 is 0 Å². The maximum atomic E-state index is 8.99.